The van der Waals surface area contributed by atoms with E-state index in [1.165, 1.54) is 42.2 Å². The van der Waals surface area contributed by atoms with E-state index >= 15 is 0 Å². The minimum absolute atomic E-state index is 0.0105. The maximum atomic E-state index is 12.7. The number of ether oxygens (including phenoxy) is 2. The highest BCUT2D eigenvalue weighted by Crippen LogP contribution is 2.34. The fourth-order valence-electron chi connectivity index (χ4n) is 4.20. The number of nitrogens with one attached hydrogen (secondary N) is 3. The zero-order chi connectivity index (χ0) is 31.1. The summed E-state index contributed by atoms with van der Waals surface area (Å²) in [6.45, 7) is 1.74. The van der Waals surface area contributed by atoms with E-state index in [2.05, 4.69) is 25.0 Å². The molecule has 2 aromatic heterocycles. The molecule has 226 valence electrons. The molecular formula is C31H30N6O5S2. The standard InChI is InChI=1S/C31H30N6O5S2/c1-20-16-18-32-30(33-20)37-44(39,40)26-14-8-23(9-15-26)34-27(38)17-19-43-31-35-28(21-4-10-24(41-2)11-5-21)29(36-31)22-6-12-25(42-3)13-7-22/h4-16,18H,17,19H2,1-3H3,(H,34,38)(H,35,36)(H,32,33,37). The average Bonchev–Trinajstić information content (AvgIpc) is 3.45. The SMILES string of the molecule is COc1ccc(-c2nc(SCCC(=O)Nc3ccc(S(=O)(=O)Nc4nccc(C)n4)cc3)[nH]c2-c2ccc(OC)cc2)cc1. The number of benzene rings is 3. The molecule has 0 aliphatic carbocycles. The van der Waals surface area contributed by atoms with Crippen LogP contribution >= 0.6 is 11.8 Å². The van der Waals surface area contributed by atoms with Gasteiger partial charge in [0.1, 0.15) is 11.5 Å². The summed E-state index contributed by atoms with van der Waals surface area (Å²) in [6, 6.07) is 22.9. The number of aryl methyl sites for hydroxylation is 1. The molecule has 0 aliphatic heterocycles. The maximum absolute atomic E-state index is 12.7. The van der Waals surface area contributed by atoms with E-state index in [4.69, 9.17) is 14.5 Å². The molecule has 2 heterocycles. The minimum Gasteiger partial charge on any atom is -0.497 e. The zero-order valence-electron chi connectivity index (χ0n) is 24.2. The van der Waals surface area contributed by atoms with Crippen LogP contribution < -0.4 is 19.5 Å². The van der Waals surface area contributed by atoms with E-state index in [1.54, 1.807) is 27.2 Å². The fraction of sp³-hybridized carbons (Fsp3) is 0.161. The summed E-state index contributed by atoms with van der Waals surface area (Å²) in [5.41, 5.74) is 4.61. The molecule has 44 heavy (non-hydrogen) atoms. The van der Waals surface area contributed by atoms with Gasteiger partial charge >= 0.3 is 0 Å². The van der Waals surface area contributed by atoms with Crippen LogP contribution in [0.4, 0.5) is 11.6 Å². The van der Waals surface area contributed by atoms with Crippen molar-refractivity contribution in [2.75, 3.05) is 30.0 Å². The summed E-state index contributed by atoms with van der Waals surface area (Å²) >= 11 is 1.43. The number of aromatic amines is 1. The topological polar surface area (TPSA) is 148 Å². The van der Waals surface area contributed by atoms with Gasteiger partial charge in [-0.2, -0.15) is 0 Å². The van der Waals surface area contributed by atoms with Gasteiger partial charge in [0, 0.05) is 40.9 Å². The van der Waals surface area contributed by atoms with E-state index in [0.29, 0.717) is 22.3 Å². The van der Waals surface area contributed by atoms with Crippen molar-refractivity contribution in [1.29, 1.82) is 0 Å². The fourth-order valence-corrected chi connectivity index (χ4v) is 5.96. The molecule has 1 amide bonds. The lowest BCUT2D eigenvalue weighted by Crippen LogP contribution is -2.16. The molecule has 0 aliphatic rings. The van der Waals surface area contributed by atoms with Gasteiger partial charge in [-0.3, -0.25) is 4.79 Å². The number of hydrogen-bond acceptors (Lipinski definition) is 9. The van der Waals surface area contributed by atoms with E-state index in [0.717, 1.165) is 34.0 Å². The first-order valence-corrected chi connectivity index (χ1v) is 15.9. The number of imidazole rings is 1. The van der Waals surface area contributed by atoms with Gasteiger partial charge in [-0.25, -0.2) is 28.1 Å². The van der Waals surface area contributed by atoms with Gasteiger partial charge in [0.15, 0.2) is 5.16 Å². The van der Waals surface area contributed by atoms with Crippen LogP contribution in [0.25, 0.3) is 22.5 Å². The van der Waals surface area contributed by atoms with Crippen LogP contribution in [0.15, 0.2) is 95.1 Å². The van der Waals surface area contributed by atoms with Crippen LogP contribution in [0.5, 0.6) is 11.5 Å². The van der Waals surface area contributed by atoms with Gasteiger partial charge in [0.05, 0.1) is 30.5 Å². The summed E-state index contributed by atoms with van der Waals surface area (Å²) in [5.74, 6) is 1.75. The van der Waals surface area contributed by atoms with Crippen LogP contribution in [0, 0.1) is 6.92 Å². The number of anilines is 2. The molecule has 0 saturated heterocycles. The van der Waals surface area contributed by atoms with Crippen molar-refractivity contribution in [3.05, 3.63) is 90.8 Å². The molecule has 0 fully saturated rings. The molecule has 0 saturated carbocycles. The highest BCUT2D eigenvalue weighted by atomic mass is 32.2. The van der Waals surface area contributed by atoms with Gasteiger partial charge in [0.25, 0.3) is 10.0 Å². The lowest BCUT2D eigenvalue weighted by Gasteiger charge is -2.09. The second-order valence-corrected chi connectivity index (χ2v) is 12.3. The predicted molar refractivity (Wildman–Crippen MR) is 171 cm³/mol. The van der Waals surface area contributed by atoms with E-state index in [-0.39, 0.29) is 23.2 Å². The number of carbonyl (C=O) groups is 1. The summed E-state index contributed by atoms with van der Waals surface area (Å²) in [4.78, 5) is 28.9. The van der Waals surface area contributed by atoms with Crippen LogP contribution in [0.2, 0.25) is 0 Å². The molecule has 11 nitrogen and oxygen atoms in total. The Morgan fingerprint density at radius 1 is 0.864 bits per heavy atom. The molecule has 3 aromatic carbocycles. The second kappa shape index (κ2) is 13.6. The van der Waals surface area contributed by atoms with E-state index < -0.39 is 10.0 Å². The van der Waals surface area contributed by atoms with Crippen molar-refractivity contribution in [3.63, 3.8) is 0 Å². The first-order valence-electron chi connectivity index (χ1n) is 13.5. The Bertz CT molecular complexity index is 1780. The Morgan fingerprint density at radius 2 is 1.50 bits per heavy atom. The van der Waals surface area contributed by atoms with E-state index in [1.807, 2.05) is 48.5 Å². The molecule has 0 radical (unpaired) electrons. The largest absolute Gasteiger partial charge is 0.497 e. The predicted octanol–water partition coefficient (Wildman–Crippen LogP) is 5.78. The maximum Gasteiger partial charge on any atom is 0.264 e. The van der Waals surface area contributed by atoms with Crippen LogP contribution in [-0.2, 0) is 14.8 Å². The average molecular weight is 631 g/mol. The van der Waals surface area contributed by atoms with Gasteiger partial charge in [0.2, 0.25) is 11.9 Å². The van der Waals surface area contributed by atoms with Crippen LogP contribution in [0.3, 0.4) is 0 Å². The Kier molecular flexibility index (Phi) is 9.46. The Balaban J connectivity index is 1.21. The second-order valence-electron chi connectivity index (χ2n) is 9.52. The number of aromatic nitrogens is 4. The van der Waals surface area contributed by atoms with Gasteiger partial charge in [-0.05, 0) is 85.8 Å². The van der Waals surface area contributed by atoms with Gasteiger partial charge in [-0.1, -0.05) is 11.8 Å². The first kappa shape index (κ1) is 30.6. The molecule has 0 bridgehead atoms. The molecule has 3 N–H and O–H groups in total. The van der Waals surface area contributed by atoms with Crippen molar-refractivity contribution in [2.45, 2.75) is 23.4 Å². The highest BCUT2D eigenvalue weighted by molar-refractivity contribution is 7.99. The third-order valence-corrected chi connectivity index (χ3v) is 8.68. The Labute approximate surface area is 259 Å². The molecular weight excluding hydrogens is 601 g/mol. The highest BCUT2D eigenvalue weighted by Gasteiger charge is 2.17. The van der Waals surface area contributed by atoms with Crippen molar-refractivity contribution in [3.8, 4) is 34.0 Å². The normalized spacial score (nSPS) is 11.2. The van der Waals surface area contributed by atoms with Crippen LogP contribution in [0.1, 0.15) is 12.1 Å². The summed E-state index contributed by atoms with van der Waals surface area (Å²) < 4.78 is 38.3. The number of hydrogen-bond donors (Lipinski definition) is 3. The lowest BCUT2D eigenvalue weighted by molar-refractivity contribution is -0.115. The van der Waals surface area contributed by atoms with Crippen LogP contribution in [-0.4, -0.2) is 54.2 Å². The number of amides is 1. The summed E-state index contributed by atoms with van der Waals surface area (Å²) in [7, 11) is -0.636. The van der Waals surface area contributed by atoms with Gasteiger partial charge in [-0.15, -0.1) is 0 Å². The lowest BCUT2D eigenvalue weighted by atomic mass is 10.0. The summed E-state index contributed by atoms with van der Waals surface area (Å²) in [6.07, 6.45) is 1.69. The molecule has 5 rings (SSSR count). The molecule has 5 aromatic rings. The number of methoxy groups -OCH3 is 2. The van der Waals surface area contributed by atoms with Gasteiger partial charge < -0.3 is 19.8 Å². The molecule has 0 spiro atoms. The number of thioether (sulfide) groups is 1. The first-order chi connectivity index (χ1) is 21.2. The molecule has 0 atom stereocenters. The number of carbonyl (C=O) groups excluding carboxylic acids is 1. The zero-order valence-corrected chi connectivity index (χ0v) is 25.8. The van der Waals surface area contributed by atoms with Crippen molar-refractivity contribution in [2.24, 2.45) is 0 Å². The van der Waals surface area contributed by atoms with Crippen molar-refractivity contribution in [1.82, 2.24) is 19.9 Å². The molecule has 0 unspecified atom stereocenters. The third kappa shape index (κ3) is 7.54. The number of nitrogens with zero attached hydrogens (tertiary/aromatic N) is 3. The monoisotopic (exact) mass is 630 g/mol. The van der Waals surface area contributed by atoms with Crippen molar-refractivity contribution >= 4 is 39.3 Å². The summed E-state index contributed by atoms with van der Waals surface area (Å²) in [5, 5.41) is 3.48. The smallest absolute Gasteiger partial charge is 0.264 e. The van der Waals surface area contributed by atoms with Crippen molar-refractivity contribution < 1.29 is 22.7 Å². The number of rotatable bonds is 12. The third-order valence-electron chi connectivity index (χ3n) is 6.46. The van der Waals surface area contributed by atoms with E-state index in [9.17, 15) is 13.2 Å². The number of sulfonamides is 1. The molecule has 13 heteroatoms. The Morgan fingerprint density at radius 3 is 2.11 bits per heavy atom. The number of H-pyrrole nitrogens is 1. The quantitative estimate of drug-likeness (QED) is 0.146. The Hall–Kier alpha value is -4.88. The minimum atomic E-state index is -3.88.